The van der Waals surface area contributed by atoms with Crippen molar-refractivity contribution in [2.75, 3.05) is 26.4 Å². The van der Waals surface area contributed by atoms with Crippen LogP contribution >= 0.6 is 0 Å². The van der Waals surface area contributed by atoms with Gasteiger partial charge in [-0.3, -0.25) is 0 Å². The van der Waals surface area contributed by atoms with Crippen LogP contribution in [0.15, 0.2) is 0 Å². The third kappa shape index (κ3) is 13.9. The standard InChI is InChI=1S/C14H30O2/c1-13(2,3)8-11-15-9-7-10-16-12-14(4,5)6/h7-12H2,1-6H3. The van der Waals surface area contributed by atoms with Crippen LogP contribution in [0.1, 0.15) is 54.4 Å². The average molecular weight is 230 g/mol. The highest BCUT2D eigenvalue weighted by Gasteiger charge is 2.10. The minimum Gasteiger partial charge on any atom is -0.381 e. The fraction of sp³-hybridized carbons (Fsp3) is 1.00. The van der Waals surface area contributed by atoms with Gasteiger partial charge in [-0.2, -0.15) is 0 Å². The molecule has 0 aliphatic carbocycles. The van der Waals surface area contributed by atoms with Crippen LogP contribution < -0.4 is 0 Å². The summed E-state index contributed by atoms with van der Waals surface area (Å²) in [5.41, 5.74) is 0.649. The lowest BCUT2D eigenvalue weighted by Crippen LogP contribution is -2.16. The van der Waals surface area contributed by atoms with Crippen LogP contribution in [0.4, 0.5) is 0 Å². The van der Waals surface area contributed by atoms with Crippen molar-refractivity contribution >= 4 is 0 Å². The fourth-order valence-corrected chi connectivity index (χ4v) is 1.12. The third-order valence-corrected chi connectivity index (χ3v) is 2.11. The Kier molecular flexibility index (Phi) is 7.25. The lowest BCUT2D eigenvalue weighted by Gasteiger charge is -2.19. The summed E-state index contributed by atoms with van der Waals surface area (Å²) in [6.45, 7) is 16.6. The second-order valence-corrected chi connectivity index (χ2v) is 6.89. The zero-order valence-electron chi connectivity index (χ0n) is 12.1. The first-order valence-corrected chi connectivity index (χ1v) is 6.36. The summed E-state index contributed by atoms with van der Waals surface area (Å²) in [6, 6.07) is 0. The molecule has 0 aliphatic heterocycles. The molecule has 0 heterocycles. The van der Waals surface area contributed by atoms with Crippen molar-refractivity contribution in [3.63, 3.8) is 0 Å². The lowest BCUT2D eigenvalue weighted by atomic mass is 9.93. The quantitative estimate of drug-likeness (QED) is 0.618. The first kappa shape index (κ1) is 15.9. The fourth-order valence-electron chi connectivity index (χ4n) is 1.12. The van der Waals surface area contributed by atoms with E-state index in [4.69, 9.17) is 9.47 Å². The van der Waals surface area contributed by atoms with E-state index in [1.165, 1.54) is 0 Å². The summed E-state index contributed by atoms with van der Waals surface area (Å²) in [4.78, 5) is 0. The van der Waals surface area contributed by atoms with Gasteiger partial charge in [-0.1, -0.05) is 41.5 Å². The van der Waals surface area contributed by atoms with E-state index in [0.717, 1.165) is 39.3 Å². The molecule has 16 heavy (non-hydrogen) atoms. The van der Waals surface area contributed by atoms with Crippen LogP contribution in [0, 0.1) is 10.8 Å². The van der Waals surface area contributed by atoms with Crippen LogP contribution in [-0.2, 0) is 9.47 Å². The molecule has 0 amide bonds. The SMILES string of the molecule is CC(C)(C)CCOCCCOCC(C)(C)C. The molecule has 0 spiro atoms. The van der Waals surface area contributed by atoms with Gasteiger partial charge in [-0.25, -0.2) is 0 Å². The lowest BCUT2D eigenvalue weighted by molar-refractivity contribution is 0.0441. The molecular weight excluding hydrogens is 200 g/mol. The van der Waals surface area contributed by atoms with Crippen molar-refractivity contribution < 1.29 is 9.47 Å². The van der Waals surface area contributed by atoms with Gasteiger partial charge in [-0.15, -0.1) is 0 Å². The Morgan fingerprint density at radius 1 is 0.688 bits per heavy atom. The molecule has 2 nitrogen and oxygen atoms in total. The molecule has 0 saturated heterocycles. The molecule has 0 radical (unpaired) electrons. The van der Waals surface area contributed by atoms with Gasteiger partial charge in [0.05, 0.1) is 6.61 Å². The first-order valence-electron chi connectivity index (χ1n) is 6.36. The largest absolute Gasteiger partial charge is 0.381 e. The van der Waals surface area contributed by atoms with Crippen LogP contribution in [0.2, 0.25) is 0 Å². The Morgan fingerprint density at radius 3 is 1.75 bits per heavy atom. The van der Waals surface area contributed by atoms with E-state index in [9.17, 15) is 0 Å². The number of rotatable bonds is 7. The summed E-state index contributed by atoms with van der Waals surface area (Å²) in [5.74, 6) is 0. The first-order chi connectivity index (χ1) is 7.21. The Balaban J connectivity index is 3.17. The van der Waals surface area contributed by atoms with Gasteiger partial charge in [0.1, 0.15) is 0 Å². The minimum atomic E-state index is 0.271. The van der Waals surface area contributed by atoms with Gasteiger partial charge in [0.2, 0.25) is 0 Å². The molecule has 0 bridgehead atoms. The average Bonchev–Trinajstić information content (AvgIpc) is 2.06. The molecule has 0 aromatic rings. The Bertz CT molecular complexity index is 143. The van der Waals surface area contributed by atoms with Crippen molar-refractivity contribution in [3.05, 3.63) is 0 Å². The van der Waals surface area contributed by atoms with Gasteiger partial charge in [0.25, 0.3) is 0 Å². The van der Waals surface area contributed by atoms with Gasteiger partial charge in [-0.05, 0) is 23.7 Å². The van der Waals surface area contributed by atoms with E-state index in [2.05, 4.69) is 41.5 Å². The predicted molar refractivity (Wildman–Crippen MR) is 69.8 cm³/mol. The summed E-state index contributed by atoms with van der Waals surface area (Å²) in [6.07, 6.45) is 2.12. The van der Waals surface area contributed by atoms with Gasteiger partial charge in [0.15, 0.2) is 0 Å². The molecule has 0 aliphatic rings. The van der Waals surface area contributed by atoms with E-state index < -0.39 is 0 Å². The molecule has 0 N–H and O–H groups in total. The predicted octanol–water partition coefficient (Wildman–Crippen LogP) is 3.89. The van der Waals surface area contributed by atoms with Crippen LogP contribution in [-0.4, -0.2) is 26.4 Å². The maximum atomic E-state index is 5.57. The van der Waals surface area contributed by atoms with E-state index in [1.54, 1.807) is 0 Å². The van der Waals surface area contributed by atoms with Crippen LogP contribution in [0.3, 0.4) is 0 Å². The molecule has 98 valence electrons. The topological polar surface area (TPSA) is 18.5 Å². The van der Waals surface area contributed by atoms with Crippen molar-refractivity contribution in [2.24, 2.45) is 10.8 Å². The molecule has 0 saturated carbocycles. The molecule has 0 aromatic carbocycles. The molecular formula is C14H30O2. The second kappa shape index (κ2) is 7.29. The van der Waals surface area contributed by atoms with E-state index >= 15 is 0 Å². The Hall–Kier alpha value is -0.0800. The van der Waals surface area contributed by atoms with Crippen molar-refractivity contribution in [3.8, 4) is 0 Å². The highest BCUT2D eigenvalue weighted by Crippen LogP contribution is 2.17. The summed E-state index contributed by atoms with van der Waals surface area (Å²) >= 11 is 0. The Morgan fingerprint density at radius 2 is 1.25 bits per heavy atom. The number of ether oxygens (including phenoxy) is 2. The summed E-state index contributed by atoms with van der Waals surface area (Å²) in [5, 5.41) is 0. The van der Waals surface area contributed by atoms with E-state index in [-0.39, 0.29) is 5.41 Å². The smallest absolute Gasteiger partial charge is 0.0514 e. The minimum absolute atomic E-state index is 0.271. The maximum absolute atomic E-state index is 5.57. The molecule has 0 atom stereocenters. The number of hydrogen-bond acceptors (Lipinski definition) is 2. The van der Waals surface area contributed by atoms with Gasteiger partial charge >= 0.3 is 0 Å². The molecule has 0 fully saturated rings. The molecule has 0 aromatic heterocycles. The monoisotopic (exact) mass is 230 g/mol. The molecule has 0 unspecified atom stereocenters. The molecule has 0 rings (SSSR count). The Labute approximate surface area is 102 Å². The van der Waals surface area contributed by atoms with Gasteiger partial charge in [0, 0.05) is 19.8 Å². The van der Waals surface area contributed by atoms with Crippen LogP contribution in [0.25, 0.3) is 0 Å². The third-order valence-electron chi connectivity index (χ3n) is 2.11. The summed E-state index contributed by atoms with van der Waals surface area (Å²) in [7, 11) is 0. The van der Waals surface area contributed by atoms with Crippen molar-refractivity contribution in [2.45, 2.75) is 54.4 Å². The van der Waals surface area contributed by atoms with Crippen LogP contribution in [0.5, 0.6) is 0 Å². The second-order valence-electron chi connectivity index (χ2n) is 6.89. The van der Waals surface area contributed by atoms with E-state index in [0.29, 0.717) is 5.41 Å². The highest BCUT2D eigenvalue weighted by atomic mass is 16.5. The van der Waals surface area contributed by atoms with Gasteiger partial charge < -0.3 is 9.47 Å². The zero-order chi connectivity index (χ0) is 12.7. The maximum Gasteiger partial charge on any atom is 0.0514 e. The normalized spacial score (nSPS) is 13.1. The summed E-state index contributed by atoms with van der Waals surface area (Å²) < 4.78 is 11.1. The van der Waals surface area contributed by atoms with Crippen molar-refractivity contribution in [1.82, 2.24) is 0 Å². The zero-order valence-corrected chi connectivity index (χ0v) is 12.1. The number of hydrogen-bond donors (Lipinski definition) is 0. The van der Waals surface area contributed by atoms with E-state index in [1.807, 2.05) is 0 Å². The molecule has 2 heteroatoms. The van der Waals surface area contributed by atoms with Crippen molar-refractivity contribution in [1.29, 1.82) is 0 Å². The highest BCUT2D eigenvalue weighted by molar-refractivity contribution is 4.60.